The average Bonchev–Trinajstić information content (AvgIpc) is 2.62. The summed E-state index contributed by atoms with van der Waals surface area (Å²) < 4.78 is 0. The Hall–Kier alpha value is -3.34. The zero-order valence-electron chi connectivity index (χ0n) is 14.8. The van der Waals surface area contributed by atoms with Gasteiger partial charge >= 0.3 is 0 Å². The lowest BCUT2D eigenvalue weighted by atomic mass is 10.00. The van der Waals surface area contributed by atoms with Crippen LogP contribution in [0.2, 0.25) is 0 Å². The number of hydrogen-bond acceptors (Lipinski definition) is 5. The van der Waals surface area contributed by atoms with E-state index >= 15 is 0 Å². The number of benzene rings is 3. The lowest BCUT2D eigenvalue weighted by Gasteiger charge is -2.08. The van der Waals surface area contributed by atoms with Crippen molar-refractivity contribution in [2.75, 3.05) is 0 Å². The third-order valence-corrected chi connectivity index (χ3v) is 4.52. The van der Waals surface area contributed by atoms with Crippen LogP contribution < -0.4 is 0 Å². The Morgan fingerprint density at radius 2 is 0.815 bits per heavy atom. The lowest BCUT2D eigenvalue weighted by molar-refractivity contribution is 0.367. The van der Waals surface area contributed by atoms with Crippen molar-refractivity contribution >= 4 is 0 Å². The molecule has 0 unspecified atom stereocenters. The summed E-state index contributed by atoms with van der Waals surface area (Å²) in [5.74, 6) is -1.02. The third-order valence-electron chi connectivity index (χ3n) is 4.52. The number of rotatable bonds is 6. The van der Waals surface area contributed by atoms with E-state index in [0.717, 1.165) is 35.1 Å². The third kappa shape index (κ3) is 4.85. The first-order chi connectivity index (χ1) is 12.9. The van der Waals surface area contributed by atoms with Crippen molar-refractivity contribution in [3.63, 3.8) is 0 Å². The molecular formula is C22H22O5. The van der Waals surface area contributed by atoms with E-state index in [4.69, 9.17) is 0 Å². The summed E-state index contributed by atoms with van der Waals surface area (Å²) >= 11 is 0. The van der Waals surface area contributed by atoms with Gasteiger partial charge in [0.1, 0.15) is 11.5 Å². The van der Waals surface area contributed by atoms with Gasteiger partial charge in [0.2, 0.25) is 0 Å². The molecule has 0 bridgehead atoms. The molecule has 0 aliphatic carbocycles. The van der Waals surface area contributed by atoms with Gasteiger partial charge in [0, 0.05) is 6.07 Å². The second kappa shape index (κ2) is 7.91. The van der Waals surface area contributed by atoms with Gasteiger partial charge in [-0.2, -0.15) is 0 Å². The normalized spacial score (nSPS) is 10.8. The first-order valence-corrected chi connectivity index (χ1v) is 8.74. The minimum Gasteiger partial charge on any atom is -0.508 e. The molecule has 140 valence electrons. The fourth-order valence-corrected chi connectivity index (χ4v) is 3.06. The standard InChI is InChI=1S/C22H22O5/c23-18-9-16(10-19(24)13-18)7-5-14-1-3-15(4-2-14)6-8-17-11-20(25)22(27)21(26)12-17/h1-4,9-13,23-27H,5-8H2. The molecule has 5 N–H and O–H groups in total. The molecule has 0 aliphatic rings. The molecule has 0 aliphatic heterocycles. The van der Waals surface area contributed by atoms with E-state index in [9.17, 15) is 25.5 Å². The van der Waals surface area contributed by atoms with Gasteiger partial charge in [-0.05, 0) is 72.2 Å². The summed E-state index contributed by atoms with van der Waals surface area (Å²) in [5.41, 5.74) is 3.90. The van der Waals surface area contributed by atoms with Crippen LogP contribution in [0.1, 0.15) is 22.3 Å². The molecule has 0 fully saturated rings. The van der Waals surface area contributed by atoms with E-state index in [2.05, 4.69) is 0 Å². The van der Waals surface area contributed by atoms with Gasteiger partial charge in [-0.1, -0.05) is 24.3 Å². The fourth-order valence-electron chi connectivity index (χ4n) is 3.06. The van der Waals surface area contributed by atoms with Gasteiger partial charge in [0.15, 0.2) is 17.2 Å². The molecule has 0 saturated carbocycles. The molecule has 0 saturated heterocycles. The van der Waals surface area contributed by atoms with Crippen LogP contribution in [0.25, 0.3) is 0 Å². The molecule has 0 spiro atoms. The molecule has 5 nitrogen and oxygen atoms in total. The van der Waals surface area contributed by atoms with Crippen LogP contribution in [-0.2, 0) is 25.7 Å². The van der Waals surface area contributed by atoms with E-state index in [1.54, 1.807) is 12.1 Å². The van der Waals surface area contributed by atoms with Crippen LogP contribution in [0.4, 0.5) is 0 Å². The van der Waals surface area contributed by atoms with Gasteiger partial charge in [-0.25, -0.2) is 0 Å². The van der Waals surface area contributed by atoms with Crippen molar-refractivity contribution in [3.8, 4) is 28.7 Å². The van der Waals surface area contributed by atoms with Gasteiger partial charge in [0.05, 0.1) is 0 Å². The van der Waals surface area contributed by atoms with Crippen LogP contribution in [0, 0.1) is 0 Å². The minimum atomic E-state index is -0.497. The second-order valence-corrected chi connectivity index (χ2v) is 6.66. The van der Waals surface area contributed by atoms with Crippen LogP contribution in [0.5, 0.6) is 28.7 Å². The predicted octanol–water partition coefficient (Wildman–Crippen LogP) is 3.79. The Kier molecular flexibility index (Phi) is 5.41. The Morgan fingerprint density at radius 3 is 1.26 bits per heavy atom. The highest BCUT2D eigenvalue weighted by Crippen LogP contribution is 2.35. The summed E-state index contributed by atoms with van der Waals surface area (Å²) in [7, 11) is 0. The van der Waals surface area contributed by atoms with Crippen molar-refractivity contribution < 1.29 is 25.5 Å². The van der Waals surface area contributed by atoms with Crippen LogP contribution in [-0.4, -0.2) is 25.5 Å². The Labute approximate surface area is 157 Å². The quantitative estimate of drug-likeness (QED) is 0.427. The Morgan fingerprint density at radius 1 is 0.444 bits per heavy atom. The molecular weight excluding hydrogens is 344 g/mol. The molecule has 0 heterocycles. The van der Waals surface area contributed by atoms with Crippen LogP contribution >= 0.6 is 0 Å². The second-order valence-electron chi connectivity index (χ2n) is 6.66. The SMILES string of the molecule is Oc1cc(O)cc(CCc2ccc(CCc3cc(O)c(O)c(O)c3)cc2)c1. The van der Waals surface area contributed by atoms with Crippen molar-refractivity contribution in [2.45, 2.75) is 25.7 Å². The summed E-state index contributed by atoms with van der Waals surface area (Å²) in [6.07, 6.45) is 2.88. The van der Waals surface area contributed by atoms with Crippen molar-refractivity contribution in [3.05, 3.63) is 76.9 Å². The number of phenolic OH excluding ortho intramolecular Hbond substituents is 5. The predicted molar refractivity (Wildman–Crippen MR) is 102 cm³/mol. The van der Waals surface area contributed by atoms with Crippen LogP contribution in [0.3, 0.4) is 0 Å². The molecule has 27 heavy (non-hydrogen) atoms. The summed E-state index contributed by atoms with van der Waals surface area (Å²) in [5, 5.41) is 47.6. The highest BCUT2D eigenvalue weighted by Gasteiger charge is 2.08. The van der Waals surface area contributed by atoms with E-state index in [-0.39, 0.29) is 23.0 Å². The molecule has 3 rings (SSSR count). The van der Waals surface area contributed by atoms with Gasteiger partial charge < -0.3 is 25.5 Å². The largest absolute Gasteiger partial charge is 0.508 e. The molecule has 3 aromatic rings. The van der Waals surface area contributed by atoms with Gasteiger partial charge in [-0.3, -0.25) is 0 Å². The van der Waals surface area contributed by atoms with E-state index in [1.807, 2.05) is 24.3 Å². The van der Waals surface area contributed by atoms with Crippen LogP contribution in [0.15, 0.2) is 54.6 Å². The molecule has 5 heteroatoms. The van der Waals surface area contributed by atoms with E-state index in [1.165, 1.54) is 18.2 Å². The number of phenols is 5. The van der Waals surface area contributed by atoms with Gasteiger partial charge in [-0.15, -0.1) is 0 Å². The smallest absolute Gasteiger partial charge is 0.200 e. The zero-order valence-corrected chi connectivity index (χ0v) is 14.8. The number of hydrogen-bond donors (Lipinski definition) is 5. The monoisotopic (exact) mass is 366 g/mol. The van der Waals surface area contributed by atoms with Crippen molar-refractivity contribution in [1.82, 2.24) is 0 Å². The summed E-state index contributed by atoms with van der Waals surface area (Å²) in [6, 6.07) is 15.7. The van der Waals surface area contributed by atoms with Crippen molar-refractivity contribution in [1.29, 1.82) is 0 Å². The van der Waals surface area contributed by atoms with Gasteiger partial charge in [0.25, 0.3) is 0 Å². The number of aryl methyl sites for hydroxylation is 4. The topological polar surface area (TPSA) is 101 Å². The molecule has 0 aromatic heterocycles. The first-order valence-electron chi connectivity index (χ1n) is 8.74. The zero-order chi connectivity index (χ0) is 19.4. The Bertz CT molecular complexity index is 889. The molecule has 0 atom stereocenters. The first kappa shape index (κ1) is 18.5. The highest BCUT2D eigenvalue weighted by molar-refractivity contribution is 5.51. The highest BCUT2D eigenvalue weighted by atomic mass is 16.3. The number of aromatic hydroxyl groups is 5. The van der Waals surface area contributed by atoms with Crippen molar-refractivity contribution in [2.24, 2.45) is 0 Å². The fraction of sp³-hybridized carbons (Fsp3) is 0.182. The Balaban J connectivity index is 1.57. The average molecular weight is 366 g/mol. The van der Waals surface area contributed by atoms with E-state index < -0.39 is 5.75 Å². The van der Waals surface area contributed by atoms with E-state index in [0.29, 0.717) is 12.8 Å². The maximum atomic E-state index is 9.56. The lowest BCUT2D eigenvalue weighted by Crippen LogP contribution is -1.94. The maximum Gasteiger partial charge on any atom is 0.200 e. The maximum absolute atomic E-state index is 9.56. The summed E-state index contributed by atoms with van der Waals surface area (Å²) in [4.78, 5) is 0. The minimum absolute atomic E-state index is 0.0617. The summed E-state index contributed by atoms with van der Waals surface area (Å²) in [6.45, 7) is 0. The molecule has 3 aromatic carbocycles. The molecule has 0 radical (unpaired) electrons. The molecule has 0 amide bonds.